The highest BCUT2D eigenvalue weighted by molar-refractivity contribution is 5.97. The molecular weight excluding hydrogens is 376 g/mol. The van der Waals surface area contributed by atoms with E-state index in [1.807, 2.05) is 48.2 Å². The van der Waals surface area contributed by atoms with Crippen molar-refractivity contribution >= 4 is 17.0 Å². The van der Waals surface area contributed by atoms with Crippen LogP contribution >= 0.6 is 0 Å². The van der Waals surface area contributed by atoms with E-state index in [1.165, 1.54) is 16.7 Å². The van der Waals surface area contributed by atoms with Crippen molar-refractivity contribution in [1.82, 2.24) is 9.47 Å². The zero-order valence-electron chi connectivity index (χ0n) is 16.8. The molecule has 3 aromatic carbocycles. The molecule has 0 N–H and O–H groups in total. The molecule has 30 heavy (non-hydrogen) atoms. The van der Waals surface area contributed by atoms with Crippen molar-refractivity contribution in [2.24, 2.45) is 0 Å². The van der Waals surface area contributed by atoms with Gasteiger partial charge < -0.3 is 9.32 Å². The Morgan fingerprint density at radius 3 is 2.57 bits per heavy atom. The molecule has 0 fully saturated rings. The van der Waals surface area contributed by atoms with Gasteiger partial charge >= 0.3 is 5.76 Å². The summed E-state index contributed by atoms with van der Waals surface area (Å²) in [6.45, 7) is 3.73. The zero-order valence-corrected chi connectivity index (χ0v) is 16.8. The van der Waals surface area contributed by atoms with E-state index in [4.69, 9.17) is 4.42 Å². The van der Waals surface area contributed by atoms with E-state index in [1.54, 1.807) is 22.8 Å². The third kappa shape index (κ3) is 3.32. The third-order valence-corrected chi connectivity index (χ3v) is 5.79. The van der Waals surface area contributed by atoms with Gasteiger partial charge in [0.2, 0.25) is 0 Å². The predicted molar refractivity (Wildman–Crippen MR) is 116 cm³/mol. The van der Waals surface area contributed by atoms with E-state index in [9.17, 15) is 9.59 Å². The van der Waals surface area contributed by atoms with Gasteiger partial charge in [0.15, 0.2) is 5.58 Å². The first-order valence-electron chi connectivity index (χ1n) is 10.1. The summed E-state index contributed by atoms with van der Waals surface area (Å²) >= 11 is 0. The number of benzene rings is 3. The van der Waals surface area contributed by atoms with Crippen LogP contribution < -0.4 is 5.76 Å². The number of fused-ring (bicyclic) bond motifs is 2. The van der Waals surface area contributed by atoms with E-state index in [2.05, 4.69) is 12.1 Å². The average Bonchev–Trinajstić information content (AvgIpc) is 3.08. The van der Waals surface area contributed by atoms with Gasteiger partial charge in [-0.3, -0.25) is 9.36 Å². The van der Waals surface area contributed by atoms with Gasteiger partial charge in [-0.25, -0.2) is 4.79 Å². The molecule has 1 aliphatic heterocycles. The van der Waals surface area contributed by atoms with Crippen LogP contribution in [-0.2, 0) is 19.5 Å². The fraction of sp³-hybridized carbons (Fsp3) is 0.200. The summed E-state index contributed by atoms with van der Waals surface area (Å²) in [6, 6.07) is 21.5. The molecule has 1 aromatic heterocycles. The molecule has 2 heterocycles. The summed E-state index contributed by atoms with van der Waals surface area (Å²) in [7, 11) is 0. The first kappa shape index (κ1) is 18.4. The fourth-order valence-electron chi connectivity index (χ4n) is 4.07. The summed E-state index contributed by atoms with van der Waals surface area (Å²) in [5, 5.41) is 0. The van der Waals surface area contributed by atoms with Gasteiger partial charge in [-0.05, 0) is 48.2 Å². The van der Waals surface area contributed by atoms with E-state index < -0.39 is 5.76 Å². The number of oxazole rings is 1. The largest absolute Gasteiger partial charge is 0.420 e. The Kier molecular flexibility index (Phi) is 4.51. The van der Waals surface area contributed by atoms with Crippen LogP contribution in [0.1, 0.15) is 32.6 Å². The average molecular weight is 398 g/mol. The Labute approximate surface area is 174 Å². The molecule has 0 radical (unpaired) electrons. The van der Waals surface area contributed by atoms with Crippen LogP contribution in [0.3, 0.4) is 0 Å². The molecule has 0 bridgehead atoms. The number of carbonyl (C=O) groups excluding carboxylic acids is 1. The lowest BCUT2D eigenvalue weighted by Gasteiger charge is -2.29. The second kappa shape index (κ2) is 7.34. The zero-order chi connectivity index (χ0) is 20.7. The number of rotatable bonds is 3. The van der Waals surface area contributed by atoms with Crippen LogP contribution in [-0.4, -0.2) is 21.9 Å². The van der Waals surface area contributed by atoms with E-state index >= 15 is 0 Å². The number of nitrogens with zero attached hydrogens (tertiary/aromatic N) is 2. The molecule has 0 aliphatic carbocycles. The van der Waals surface area contributed by atoms with Crippen molar-refractivity contribution in [2.75, 3.05) is 6.54 Å². The minimum Gasteiger partial charge on any atom is -0.408 e. The molecule has 0 spiro atoms. The first-order chi connectivity index (χ1) is 14.6. The molecule has 150 valence electrons. The lowest BCUT2D eigenvalue weighted by atomic mass is 9.99. The Morgan fingerprint density at radius 1 is 1.00 bits per heavy atom. The number of amides is 1. The number of aromatic nitrogens is 1. The summed E-state index contributed by atoms with van der Waals surface area (Å²) in [5.41, 5.74) is 6.38. The van der Waals surface area contributed by atoms with Crippen LogP contribution in [0, 0.1) is 6.92 Å². The smallest absolute Gasteiger partial charge is 0.408 e. The maximum absolute atomic E-state index is 13.2. The molecule has 0 saturated carbocycles. The number of aryl methyl sites for hydroxylation is 1. The molecule has 5 rings (SSSR count). The number of hydrogen-bond donors (Lipinski definition) is 0. The maximum Gasteiger partial charge on any atom is 0.420 e. The summed E-state index contributed by atoms with van der Waals surface area (Å²) in [6.07, 6.45) is 0.855. The van der Waals surface area contributed by atoms with Gasteiger partial charge in [0.1, 0.15) is 0 Å². The van der Waals surface area contributed by atoms with Crippen LogP contribution in [0.25, 0.3) is 11.1 Å². The fourth-order valence-corrected chi connectivity index (χ4v) is 4.07. The summed E-state index contributed by atoms with van der Waals surface area (Å²) in [5.74, 6) is -0.441. The molecule has 1 amide bonds. The molecular formula is C25H22N2O3. The topological polar surface area (TPSA) is 55.5 Å². The molecule has 4 aromatic rings. The van der Waals surface area contributed by atoms with E-state index in [0.717, 1.165) is 12.0 Å². The van der Waals surface area contributed by atoms with Crippen molar-refractivity contribution in [2.45, 2.75) is 26.4 Å². The van der Waals surface area contributed by atoms with Gasteiger partial charge in [-0.15, -0.1) is 0 Å². The highest BCUT2D eigenvalue weighted by Gasteiger charge is 2.22. The Balaban J connectivity index is 1.46. The van der Waals surface area contributed by atoms with Crippen molar-refractivity contribution in [3.05, 3.63) is 105 Å². The molecule has 5 heteroatoms. The number of hydrogen-bond acceptors (Lipinski definition) is 3. The van der Waals surface area contributed by atoms with Crippen LogP contribution in [0.4, 0.5) is 0 Å². The minimum atomic E-state index is -0.415. The Hall–Kier alpha value is -3.60. The van der Waals surface area contributed by atoms with E-state index in [0.29, 0.717) is 36.3 Å². The van der Waals surface area contributed by atoms with Crippen molar-refractivity contribution in [3.63, 3.8) is 0 Å². The van der Waals surface area contributed by atoms with Gasteiger partial charge in [0, 0.05) is 18.7 Å². The third-order valence-electron chi connectivity index (χ3n) is 5.79. The second-order valence-corrected chi connectivity index (χ2v) is 7.87. The van der Waals surface area contributed by atoms with Gasteiger partial charge in [-0.1, -0.05) is 54.1 Å². The SMILES string of the molecule is Cc1ccc(Cn2c(=O)oc3ccc(C(=O)N4CCc5ccccc5C4)cc32)cc1. The predicted octanol–water partition coefficient (Wildman–Crippen LogP) is 4.15. The molecule has 0 unspecified atom stereocenters. The lowest BCUT2D eigenvalue weighted by molar-refractivity contribution is 0.0735. The minimum absolute atomic E-state index is 0.0260. The van der Waals surface area contributed by atoms with Crippen molar-refractivity contribution in [1.29, 1.82) is 0 Å². The molecule has 0 atom stereocenters. The van der Waals surface area contributed by atoms with Crippen molar-refractivity contribution in [3.8, 4) is 0 Å². The van der Waals surface area contributed by atoms with Crippen LogP contribution in [0.2, 0.25) is 0 Å². The summed E-state index contributed by atoms with van der Waals surface area (Å²) < 4.78 is 6.99. The standard InChI is InChI=1S/C25H22N2O3/c1-17-6-8-18(9-7-17)15-27-22-14-20(10-11-23(22)30-25(27)29)24(28)26-13-12-19-4-2-3-5-21(19)16-26/h2-11,14H,12-13,15-16H2,1H3. The molecule has 0 saturated heterocycles. The molecule has 1 aliphatic rings. The van der Waals surface area contributed by atoms with Crippen LogP contribution in [0.5, 0.6) is 0 Å². The van der Waals surface area contributed by atoms with E-state index in [-0.39, 0.29) is 5.91 Å². The first-order valence-corrected chi connectivity index (χ1v) is 10.1. The normalized spacial score (nSPS) is 13.4. The highest BCUT2D eigenvalue weighted by atomic mass is 16.4. The van der Waals surface area contributed by atoms with Gasteiger partial charge in [0.05, 0.1) is 12.1 Å². The lowest BCUT2D eigenvalue weighted by Crippen LogP contribution is -2.35. The Bertz CT molecular complexity index is 1300. The molecule has 5 nitrogen and oxygen atoms in total. The highest BCUT2D eigenvalue weighted by Crippen LogP contribution is 2.22. The van der Waals surface area contributed by atoms with Gasteiger partial charge in [-0.2, -0.15) is 0 Å². The second-order valence-electron chi connectivity index (χ2n) is 7.87. The quantitative estimate of drug-likeness (QED) is 0.521. The Morgan fingerprint density at radius 2 is 1.77 bits per heavy atom. The van der Waals surface area contributed by atoms with Crippen LogP contribution in [0.15, 0.2) is 75.9 Å². The van der Waals surface area contributed by atoms with Crippen molar-refractivity contribution < 1.29 is 9.21 Å². The maximum atomic E-state index is 13.2. The van der Waals surface area contributed by atoms with Gasteiger partial charge in [0.25, 0.3) is 5.91 Å². The monoisotopic (exact) mass is 398 g/mol. The number of carbonyl (C=O) groups is 1. The summed E-state index contributed by atoms with van der Waals surface area (Å²) in [4.78, 5) is 27.5.